The Morgan fingerprint density at radius 3 is 3.00 bits per heavy atom. The monoisotopic (exact) mass is 181 g/mol. The Morgan fingerprint density at radius 2 is 2.31 bits per heavy atom. The highest BCUT2D eigenvalue weighted by Gasteiger charge is 2.11. The molecule has 0 amide bonds. The molecule has 5 nitrogen and oxygen atoms in total. The topological polar surface area (TPSA) is 67.5 Å². The number of carboxylic acid groups (broad SMARTS) is 1. The van der Waals surface area contributed by atoms with Crippen LogP contribution in [0.2, 0.25) is 0 Å². The number of nitrogens with zero attached hydrogens (tertiary/aromatic N) is 3. The second kappa shape index (κ2) is 2.51. The van der Waals surface area contributed by atoms with Crippen molar-refractivity contribution in [1.82, 2.24) is 14.6 Å². The predicted octanol–water partition coefficient (Wildman–Crippen LogP) is 0.567. The van der Waals surface area contributed by atoms with Gasteiger partial charge in [0.2, 0.25) is 0 Å². The highest BCUT2D eigenvalue weighted by molar-refractivity contribution is 5.93. The lowest BCUT2D eigenvalue weighted by atomic mass is 10.3. The molecule has 0 atom stereocenters. The van der Waals surface area contributed by atoms with Crippen LogP contribution in [-0.2, 0) is 0 Å². The molecule has 0 unspecified atom stereocenters. The van der Waals surface area contributed by atoms with Gasteiger partial charge < -0.3 is 5.11 Å². The molecule has 2 aromatic rings. The van der Waals surface area contributed by atoms with E-state index in [0.717, 1.165) is 23.1 Å². The smallest absolute Gasteiger partial charge is 0.341 e. The first-order valence-corrected chi connectivity index (χ1v) is 3.40. The van der Waals surface area contributed by atoms with Crippen molar-refractivity contribution in [2.24, 2.45) is 0 Å². The number of rotatable bonds is 1. The van der Waals surface area contributed by atoms with E-state index in [9.17, 15) is 9.18 Å². The molecule has 0 saturated carbocycles. The van der Waals surface area contributed by atoms with Crippen LogP contribution in [0.25, 0.3) is 5.65 Å². The first-order valence-electron chi connectivity index (χ1n) is 3.40. The lowest BCUT2D eigenvalue weighted by Gasteiger charge is -1.92. The molecule has 2 aromatic heterocycles. The van der Waals surface area contributed by atoms with Crippen LogP contribution < -0.4 is 0 Å². The third-order valence-corrected chi connectivity index (χ3v) is 1.56. The van der Waals surface area contributed by atoms with E-state index in [0.29, 0.717) is 0 Å². The number of hydrogen-bond donors (Lipinski definition) is 1. The number of aromatic nitrogens is 3. The molecule has 2 heterocycles. The first kappa shape index (κ1) is 7.66. The Hall–Kier alpha value is -1.98. The normalized spacial score (nSPS) is 10.5. The van der Waals surface area contributed by atoms with E-state index in [1.807, 2.05) is 0 Å². The molecule has 6 heteroatoms. The first-order chi connectivity index (χ1) is 6.18. The molecule has 0 aromatic carbocycles. The Balaban J connectivity index is 2.76. The minimum Gasteiger partial charge on any atom is -0.477 e. The van der Waals surface area contributed by atoms with E-state index in [1.165, 1.54) is 0 Å². The third-order valence-electron chi connectivity index (χ3n) is 1.56. The molecule has 13 heavy (non-hydrogen) atoms. The van der Waals surface area contributed by atoms with Crippen molar-refractivity contribution in [3.8, 4) is 0 Å². The Kier molecular flexibility index (Phi) is 1.48. The zero-order valence-corrected chi connectivity index (χ0v) is 6.31. The molecule has 1 N–H and O–H groups in total. The molecule has 0 aliphatic carbocycles. The molecule has 0 aliphatic heterocycles. The van der Waals surface area contributed by atoms with E-state index in [-0.39, 0.29) is 11.2 Å². The molecule has 2 rings (SSSR count). The van der Waals surface area contributed by atoms with Crippen molar-refractivity contribution in [2.45, 2.75) is 0 Å². The summed E-state index contributed by atoms with van der Waals surface area (Å²) in [6, 6.07) is 0. The van der Waals surface area contributed by atoms with Gasteiger partial charge in [-0.05, 0) is 0 Å². The second-order valence-corrected chi connectivity index (χ2v) is 2.40. The van der Waals surface area contributed by atoms with Gasteiger partial charge in [-0.1, -0.05) is 0 Å². The van der Waals surface area contributed by atoms with Crippen molar-refractivity contribution in [2.75, 3.05) is 0 Å². The van der Waals surface area contributed by atoms with Crippen molar-refractivity contribution in [3.63, 3.8) is 0 Å². The molecule has 0 fully saturated rings. The fourth-order valence-electron chi connectivity index (χ4n) is 1.00. The minimum absolute atomic E-state index is 0.0417. The maximum absolute atomic E-state index is 12.6. The van der Waals surface area contributed by atoms with Gasteiger partial charge in [0.15, 0.2) is 11.5 Å². The standard InChI is InChI=1S/C7H4FN3O2/c8-4-1-9-6-5(7(12)13)2-10-11(6)3-4/h1-3H,(H,12,13). The fourth-order valence-corrected chi connectivity index (χ4v) is 1.00. The molecular weight excluding hydrogens is 177 g/mol. The van der Waals surface area contributed by atoms with Crippen LogP contribution in [0.5, 0.6) is 0 Å². The number of hydrogen-bond acceptors (Lipinski definition) is 3. The summed E-state index contributed by atoms with van der Waals surface area (Å²) in [6.45, 7) is 0. The Labute approximate surface area is 71.4 Å². The van der Waals surface area contributed by atoms with Gasteiger partial charge in [0.05, 0.1) is 18.6 Å². The van der Waals surface area contributed by atoms with E-state index >= 15 is 0 Å². The van der Waals surface area contributed by atoms with Gasteiger partial charge >= 0.3 is 5.97 Å². The number of carbonyl (C=O) groups is 1. The van der Waals surface area contributed by atoms with Crippen LogP contribution in [0.4, 0.5) is 4.39 Å². The van der Waals surface area contributed by atoms with Gasteiger partial charge in [-0.2, -0.15) is 5.10 Å². The molecule has 0 bridgehead atoms. The molecule has 0 aliphatic rings. The zero-order chi connectivity index (χ0) is 9.42. The maximum Gasteiger partial charge on any atom is 0.341 e. The molecule has 0 radical (unpaired) electrons. The minimum atomic E-state index is -1.13. The highest BCUT2D eigenvalue weighted by Crippen LogP contribution is 2.07. The Bertz CT molecular complexity index is 480. The third kappa shape index (κ3) is 1.12. The number of fused-ring (bicyclic) bond motifs is 1. The van der Waals surface area contributed by atoms with Gasteiger partial charge in [-0.15, -0.1) is 0 Å². The van der Waals surface area contributed by atoms with Crippen molar-refractivity contribution >= 4 is 11.6 Å². The van der Waals surface area contributed by atoms with E-state index in [2.05, 4.69) is 10.1 Å². The average molecular weight is 181 g/mol. The van der Waals surface area contributed by atoms with Crippen LogP contribution in [0, 0.1) is 5.82 Å². The van der Waals surface area contributed by atoms with E-state index < -0.39 is 11.8 Å². The highest BCUT2D eigenvalue weighted by atomic mass is 19.1. The van der Waals surface area contributed by atoms with Crippen LogP contribution in [0.15, 0.2) is 18.6 Å². The number of aromatic carboxylic acids is 1. The lowest BCUT2D eigenvalue weighted by molar-refractivity contribution is 0.0698. The lowest BCUT2D eigenvalue weighted by Crippen LogP contribution is -1.97. The van der Waals surface area contributed by atoms with E-state index in [4.69, 9.17) is 5.11 Å². The second-order valence-electron chi connectivity index (χ2n) is 2.40. The maximum atomic E-state index is 12.6. The van der Waals surface area contributed by atoms with Gasteiger partial charge in [0, 0.05) is 0 Å². The van der Waals surface area contributed by atoms with Crippen LogP contribution in [0.3, 0.4) is 0 Å². The zero-order valence-electron chi connectivity index (χ0n) is 6.31. The van der Waals surface area contributed by atoms with E-state index in [1.54, 1.807) is 0 Å². The van der Waals surface area contributed by atoms with Gasteiger partial charge in [0.25, 0.3) is 0 Å². The summed E-state index contributed by atoms with van der Waals surface area (Å²) in [6.07, 6.45) is 3.14. The van der Waals surface area contributed by atoms with Crippen LogP contribution in [-0.4, -0.2) is 25.7 Å². The van der Waals surface area contributed by atoms with Crippen molar-refractivity contribution < 1.29 is 14.3 Å². The number of halogens is 1. The summed E-state index contributed by atoms with van der Waals surface area (Å²) >= 11 is 0. The van der Waals surface area contributed by atoms with Gasteiger partial charge in [-0.25, -0.2) is 18.7 Å². The summed E-state index contributed by atoms with van der Waals surface area (Å²) in [5, 5.41) is 12.3. The van der Waals surface area contributed by atoms with Gasteiger partial charge in [0.1, 0.15) is 5.56 Å². The number of carboxylic acids is 1. The van der Waals surface area contributed by atoms with Crippen LogP contribution in [0.1, 0.15) is 10.4 Å². The van der Waals surface area contributed by atoms with Gasteiger partial charge in [-0.3, -0.25) is 0 Å². The Morgan fingerprint density at radius 1 is 1.54 bits per heavy atom. The molecule has 66 valence electrons. The molecule has 0 saturated heterocycles. The predicted molar refractivity (Wildman–Crippen MR) is 39.9 cm³/mol. The summed E-state index contributed by atoms with van der Waals surface area (Å²) in [5.41, 5.74) is 0.0916. The largest absolute Gasteiger partial charge is 0.477 e. The summed E-state index contributed by atoms with van der Waals surface area (Å²) in [4.78, 5) is 14.2. The fraction of sp³-hybridized carbons (Fsp3) is 0. The molecule has 0 spiro atoms. The summed E-state index contributed by atoms with van der Waals surface area (Å²) < 4.78 is 13.7. The summed E-state index contributed by atoms with van der Waals surface area (Å²) in [7, 11) is 0. The van der Waals surface area contributed by atoms with Crippen LogP contribution >= 0.6 is 0 Å². The van der Waals surface area contributed by atoms with Crippen molar-refractivity contribution in [3.05, 3.63) is 30.0 Å². The SMILES string of the molecule is O=C(O)c1cnn2cc(F)cnc12. The average Bonchev–Trinajstić information content (AvgIpc) is 2.46. The summed E-state index contributed by atoms with van der Waals surface area (Å²) in [5.74, 6) is -1.69. The van der Waals surface area contributed by atoms with Crippen molar-refractivity contribution in [1.29, 1.82) is 0 Å². The molecular formula is C7H4FN3O2. The quantitative estimate of drug-likeness (QED) is 0.698.